The zero-order valence-corrected chi connectivity index (χ0v) is 25.6. The lowest BCUT2D eigenvalue weighted by atomic mass is 9.32. The van der Waals surface area contributed by atoms with Crippen LogP contribution < -0.4 is 0 Å². The Labute approximate surface area is 251 Å². The van der Waals surface area contributed by atoms with Gasteiger partial charge in [0.2, 0.25) is 0 Å². The summed E-state index contributed by atoms with van der Waals surface area (Å²) in [7, 11) is 2.15. The molecule has 6 aliphatic rings. The second-order valence-electron chi connectivity index (χ2n) is 15.0. The van der Waals surface area contributed by atoms with Gasteiger partial charge in [0.15, 0.2) is 5.78 Å². The fraction of sp³-hybridized carbons (Fsp3) is 0.553. The van der Waals surface area contributed by atoms with Crippen LogP contribution >= 0.6 is 0 Å². The van der Waals surface area contributed by atoms with E-state index >= 15 is 0 Å². The zero-order valence-electron chi connectivity index (χ0n) is 25.6. The summed E-state index contributed by atoms with van der Waals surface area (Å²) in [6, 6.07) is 20.4. The average molecular weight is 566 g/mol. The Morgan fingerprint density at radius 2 is 1.52 bits per heavy atom. The van der Waals surface area contributed by atoms with Gasteiger partial charge < -0.3 is 15.1 Å². The minimum Gasteiger partial charge on any atom is -0.393 e. The van der Waals surface area contributed by atoms with Crippen molar-refractivity contribution in [3.63, 3.8) is 0 Å². The van der Waals surface area contributed by atoms with E-state index in [-0.39, 0.29) is 34.1 Å². The standard InChI is InChI=1S/C38H47NO3/c1-34-18-14-29(40)24-36(34)21-22-38(30(25-36)33(41)28-12-8-5-9-13-28)31(34)15-19-35(2)32(38)16-20-37(35,42)26-39(3)23-17-27-10-6-4-7-11-27/h4-13,21-22,25,29,31-32,40,42H,14-20,23-24,26H2,1-3H3/t29?,31-,32-,34-,35+,36+,37-,38-/m1/s1. The number of allylic oxidation sites excluding steroid dienone is 4. The number of fused-ring (bicyclic) bond motifs is 1. The van der Waals surface area contributed by atoms with Crippen molar-refractivity contribution < 1.29 is 15.0 Å². The van der Waals surface area contributed by atoms with Crippen molar-refractivity contribution in [2.24, 2.45) is 33.5 Å². The molecule has 222 valence electrons. The van der Waals surface area contributed by atoms with Crippen LogP contribution in [0.25, 0.3) is 0 Å². The molecule has 0 amide bonds. The van der Waals surface area contributed by atoms with Crippen LogP contribution in [0.4, 0.5) is 0 Å². The summed E-state index contributed by atoms with van der Waals surface area (Å²) in [5.74, 6) is 0.644. The average Bonchev–Trinajstić information content (AvgIpc) is 3.26. The second-order valence-corrected chi connectivity index (χ2v) is 15.0. The van der Waals surface area contributed by atoms with Gasteiger partial charge in [-0.1, -0.05) is 92.7 Å². The van der Waals surface area contributed by atoms with Gasteiger partial charge in [-0.2, -0.15) is 0 Å². The number of carbonyl (C=O) groups excluding carboxylic acids is 1. The van der Waals surface area contributed by atoms with Crippen LogP contribution in [-0.4, -0.2) is 52.7 Å². The predicted octanol–water partition coefficient (Wildman–Crippen LogP) is 6.63. The summed E-state index contributed by atoms with van der Waals surface area (Å²) in [4.78, 5) is 16.8. The number of Topliss-reactive ketones (excluding diaryl/α,β-unsaturated/α-hetero) is 1. The summed E-state index contributed by atoms with van der Waals surface area (Å²) in [6.45, 7) is 6.34. The summed E-state index contributed by atoms with van der Waals surface area (Å²) >= 11 is 0. The Hall–Kier alpha value is -2.53. The lowest BCUT2D eigenvalue weighted by molar-refractivity contribution is -0.175. The maximum Gasteiger partial charge on any atom is 0.189 e. The number of likely N-dealkylation sites (N-methyl/N-ethyl adjacent to an activating group) is 1. The van der Waals surface area contributed by atoms with Crippen LogP contribution in [0.1, 0.15) is 74.7 Å². The van der Waals surface area contributed by atoms with E-state index in [1.165, 1.54) is 5.56 Å². The van der Waals surface area contributed by atoms with Gasteiger partial charge >= 0.3 is 0 Å². The third kappa shape index (κ3) is 3.80. The molecule has 0 aliphatic heterocycles. The van der Waals surface area contributed by atoms with Crippen molar-refractivity contribution >= 4 is 5.78 Å². The highest BCUT2D eigenvalue weighted by Crippen LogP contribution is 2.78. The fourth-order valence-corrected chi connectivity index (χ4v) is 10.8. The van der Waals surface area contributed by atoms with Crippen molar-refractivity contribution in [3.05, 3.63) is 95.6 Å². The summed E-state index contributed by atoms with van der Waals surface area (Å²) in [6.07, 6.45) is 13.9. The molecule has 0 aromatic heterocycles. The number of aliphatic hydroxyl groups excluding tert-OH is 1. The smallest absolute Gasteiger partial charge is 0.189 e. The van der Waals surface area contributed by atoms with Crippen LogP contribution in [0.3, 0.4) is 0 Å². The number of benzene rings is 2. The van der Waals surface area contributed by atoms with E-state index in [0.717, 1.165) is 62.6 Å². The molecule has 4 heteroatoms. The molecule has 0 saturated heterocycles. The molecular formula is C38H47NO3. The SMILES string of the molecule is CN(CCc1ccccc1)C[C@]1(O)CC[C@H]2[C@]34C=C[C@@]5(C=C3C(=O)c3ccccc3)CC(O)CC[C@]5(C)[C@H]4CC[C@@]21C. The highest BCUT2D eigenvalue weighted by molar-refractivity contribution is 6.10. The van der Waals surface area contributed by atoms with Gasteiger partial charge in [0.25, 0.3) is 0 Å². The molecule has 2 aromatic carbocycles. The van der Waals surface area contributed by atoms with Crippen molar-refractivity contribution in [1.29, 1.82) is 0 Å². The van der Waals surface area contributed by atoms with Crippen LogP contribution in [-0.2, 0) is 6.42 Å². The molecule has 3 fully saturated rings. The van der Waals surface area contributed by atoms with Crippen molar-refractivity contribution in [2.45, 2.75) is 76.9 Å². The van der Waals surface area contributed by atoms with Gasteiger partial charge in [0.05, 0.1) is 11.7 Å². The normalized spacial score (nSPS) is 41.7. The third-order valence-corrected chi connectivity index (χ3v) is 13.1. The molecule has 3 saturated carbocycles. The van der Waals surface area contributed by atoms with Crippen LogP contribution in [0.5, 0.6) is 0 Å². The van der Waals surface area contributed by atoms with Crippen molar-refractivity contribution in [3.8, 4) is 0 Å². The molecule has 2 N–H and O–H groups in total. The highest BCUT2D eigenvalue weighted by atomic mass is 16.3. The van der Waals surface area contributed by atoms with Gasteiger partial charge in [-0.05, 0) is 81.2 Å². The second kappa shape index (κ2) is 9.74. The number of hydrogen-bond acceptors (Lipinski definition) is 4. The van der Waals surface area contributed by atoms with Crippen LogP contribution in [0.2, 0.25) is 0 Å². The molecule has 0 heterocycles. The minimum absolute atomic E-state index is 0.00401. The van der Waals surface area contributed by atoms with Gasteiger partial charge in [-0.25, -0.2) is 0 Å². The van der Waals surface area contributed by atoms with Gasteiger partial charge in [-0.3, -0.25) is 4.79 Å². The maximum absolute atomic E-state index is 14.5. The minimum atomic E-state index is -0.812. The number of hydrogen-bond donors (Lipinski definition) is 2. The maximum atomic E-state index is 14.5. The molecule has 2 spiro atoms. The summed E-state index contributed by atoms with van der Waals surface area (Å²) < 4.78 is 0. The Balaban J connectivity index is 1.27. The first-order chi connectivity index (χ1) is 20.1. The molecule has 1 unspecified atom stereocenters. The lowest BCUT2D eigenvalue weighted by Crippen LogP contribution is -2.67. The van der Waals surface area contributed by atoms with Crippen LogP contribution in [0, 0.1) is 33.5 Å². The Bertz CT molecular complexity index is 1420. The molecule has 4 nitrogen and oxygen atoms in total. The van der Waals surface area contributed by atoms with E-state index in [9.17, 15) is 15.0 Å². The predicted molar refractivity (Wildman–Crippen MR) is 167 cm³/mol. The number of ketones is 1. The van der Waals surface area contributed by atoms with E-state index in [4.69, 9.17) is 0 Å². The topological polar surface area (TPSA) is 60.8 Å². The van der Waals surface area contributed by atoms with E-state index in [0.29, 0.717) is 18.9 Å². The molecule has 8 rings (SSSR count). The fourth-order valence-electron chi connectivity index (χ4n) is 10.8. The number of rotatable bonds is 7. The largest absolute Gasteiger partial charge is 0.393 e. The first-order valence-corrected chi connectivity index (χ1v) is 16.2. The number of nitrogens with zero attached hydrogens (tertiary/aromatic N) is 1. The monoisotopic (exact) mass is 565 g/mol. The summed E-state index contributed by atoms with van der Waals surface area (Å²) in [5.41, 5.74) is 1.20. The van der Waals surface area contributed by atoms with Gasteiger partial charge in [0.1, 0.15) is 0 Å². The molecule has 6 aliphatic carbocycles. The molecule has 8 atom stereocenters. The van der Waals surface area contributed by atoms with Gasteiger partial charge in [-0.15, -0.1) is 0 Å². The third-order valence-electron chi connectivity index (χ3n) is 13.1. The molecular weight excluding hydrogens is 518 g/mol. The Morgan fingerprint density at radius 3 is 2.26 bits per heavy atom. The summed E-state index contributed by atoms with van der Waals surface area (Å²) in [5, 5.41) is 23.5. The Morgan fingerprint density at radius 1 is 0.881 bits per heavy atom. The van der Waals surface area contributed by atoms with E-state index in [2.05, 4.69) is 74.4 Å². The van der Waals surface area contributed by atoms with E-state index in [1.54, 1.807) is 0 Å². The van der Waals surface area contributed by atoms with Gasteiger partial charge in [0, 0.05) is 40.5 Å². The first-order valence-electron chi connectivity index (χ1n) is 16.2. The number of carbonyl (C=O) groups is 1. The van der Waals surface area contributed by atoms with Crippen molar-refractivity contribution in [2.75, 3.05) is 20.1 Å². The molecule has 2 bridgehead atoms. The van der Waals surface area contributed by atoms with Crippen molar-refractivity contribution in [1.82, 2.24) is 4.90 Å². The molecule has 42 heavy (non-hydrogen) atoms. The first kappa shape index (κ1) is 28.3. The zero-order chi connectivity index (χ0) is 29.4. The molecule has 2 aromatic rings. The quantitative estimate of drug-likeness (QED) is 0.292. The lowest BCUT2D eigenvalue weighted by Gasteiger charge is -2.71. The molecule has 0 radical (unpaired) electrons. The van der Waals surface area contributed by atoms with E-state index < -0.39 is 11.0 Å². The number of aliphatic hydroxyl groups is 2. The van der Waals surface area contributed by atoms with Crippen LogP contribution in [0.15, 0.2) is 84.5 Å². The highest BCUT2D eigenvalue weighted by Gasteiger charge is 2.74. The van der Waals surface area contributed by atoms with E-state index in [1.807, 2.05) is 30.3 Å². The Kier molecular flexibility index (Phi) is 6.55.